The molecule has 0 unspecified atom stereocenters. The van der Waals surface area contributed by atoms with Crippen LogP contribution < -0.4 is 15.6 Å². The second kappa shape index (κ2) is 13.1. The van der Waals surface area contributed by atoms with Crippen LogP contribution in [0.3, 0.4) is 0 Å². The molecule has 8 nitrogen and oxygen atoms in total. The highest BCUT2D eigenvalue weighted by Gasteiger charge is 2.31. The fourth-order valence-corrected chi connectivity index (χ4v) is 4.33. The lowest BCUT2D eigenvalue weighted by Gasteiger charge is -2.25. The van der Waals surface area contributed by atoms with Crippen LogP contribution in [-0.4, -0.2) is 40.5 Å². The smallest absolute Gasteiger partial charge is 0.308 e. The number of carbonyl (C=O) groups is 3. The van der Waals surface area contributed by atoms with E-state index < -0.39 is 82.9 Å². The molecule has 2 aromatic carbocycles. The summed E-state index contributed by atoms with van der Waals surface area (Å²) in [5, 5.41) is 3.32. The quantitative estimate of drug-likeness (QED) is 0.175. The number of ether oxygens (including phenoxy) is 2. The summed E-state index contributed by atoms with van der Waals surface area (Å²) >= 11 is 12.1. The molecule has 0 saturated heterocycles. The molecule has 226 valence electrons. The number of hydrogen-bond donors (Lipinski definition) is 1. The van der Waals surface area contributed by atoms with Crippen LogP contribution in [0.2, 0.25) is 10.0 Å². The number of fused-ring (bicyclic) bond motifs is 1. The molecule has 3 rings (SSSR count). The summed E-state index contributed by atoms with van der Waals surface area (Å²) < 4.78 is 66.2. The summed E-state index contributed by atoms with van der Waals surface area (Å²) in [6.45, 7) is 5.09. The van der Waals surface area contributed by atoms with Crippen LogP contribution in [0.5, 0.6) is 5.75 Å². The van der Waals surface area contributed by atoms with Crippen LogP contribution >= 0.6 is 23.2 Å². The Morgan fingerprint density at radius 3 is 2.17 bits per heavy atom. The van der Waals surface area contributed by atoms with Gasteiger partial charge in [0.25, 0.3) is 5.56 Å². The van der Waals surface area contributed by atoms with Crippen LogP contribution in [0.4, 0.5) is 17.6 Å². The number of esters is 1. The Morgan fingerprint density at radius 1 is 1.00 bits per heavy atom. The van der Waals surface area contributed by atoms with Gasteiger partial charge in [0.1, 0.15) is 24.3 Å². The second-order valence-electron chi connectivity index (χ2n) is 10.2. The van der Waals surface area contributed by atoms with Crippen LogP contribution in [0.15, 0.2) is 35.3 Å². The second-order valence-corrected chi connectivity index (χ2v) is 11.0. The molecule has 0 aliphatic carbocycles. The topological polar surface area (TPSA) is 104 Å². The summed E-state index contributed by atoms with van der Waals surface area (Å²) in [7, 11) is 0. The van der Waals surface area contributed by atoms with Crippen molar-refractivity contribution in [2.45, 2.75) is 58.2 Å². The van der Waals surface area contributed by atoms with E-state index in [4.69, 9.17) is 32.7 Å². The molecule has 0 aliphatic heterocycles. The highest BCUT2D eigenvalue weighted by molar-refractivity contribution is 6.42. The van der Waals surface area contributed by atoms with Crippen molar-refractivity contribution in [1.29, 1.82) is 0 Å². The van der Waals surface area contributed by atoms with Gasteiger partial charge in [-0.3, -0.25) is 19.2 Å². The highest BCUT2D eigenvalue weighted by atomic mass is 35.5. The first-order chi connectivity index (χ1) is 19.5. The van der Waals surface area contributed by atoms with E-state index in [1.54, 1.807) is 27.7 Å². The van der Waals surface area contributed by atoms with E-state index in [9.17, 15) is 36.7 Å². The van der Waals surface area contributed by atoms with Gasteiger partial charge in [0, 0.05) is 17.6 Å². The van der Waals surface area contributed by atoms with Gasteiger partial charge in [-0.25, -0.2) is 8.78 Å². The van der Waals surface area contributed by atoms with Crippen molar-refractivity contribution in [1.82, 2.24) is 9.88 Å². The molecule has 0 spiro atoms. The number of carbonyl (C=O) groups excluding carboxylic acids is 3. The van der Waals surface area contributed by atoms with Gasteiger partial charge in [-0.1, -0.05) is 30.1 Å². The Bertz CT molecular complexity index is 1580. The molecule has 0 fully saturated rings. The Kier molecular flexibility index (Phi) is 10.3. The number of hydrogen-bond acceptors (Lipinski definition) is 6. The minimum Gasteiger partial charge on any atom is -0.479 e. The predicted octanol–water partition coefficient (Wildman–Crippen LogP) is 5.68. The van der Waals surface area contributed by atoms with E-state index in [-0.39, 0.29) is 27.9 Å². The first-order valence-electron chi connectivity index (χ1n) is 12.5. The number of nitrogens with one attached hydrogen (secondary N) is 1. The fraction of sp³-hybridized carbons (Fsp3) is 0.357. The number of ketones is 1. The summed E-state index contributed by atoms with van der Waals surface area (Å²) in [5.41, 5.74) is -1.56. The third kappa shape index (κ3) is 7.60. The summed E-state index contributed by atoms with van der Waals surface area (Å²) in [5.74, 6) is -11.6. The fourth-order valence-electron chi connectivity index (χ4n) is 3.99. The summed E-state index contributed by atoms with van der Waals surface area (Å²) in [6.07, 6.45) is 0.673. The van der Waals surface area contributed by atoms with Crippen LogP contribution in [0.1, 0.15) is 46.6 Å². The maximum Gasteiger partial charge on any atom is 0.308 e. The van der Waals surface area contributed by atoms with Gasteiger partial charge in [0.15, 0.2) is 23.2 Å². The first kappa shape index (κ1) is 32.9. The SMILES string of the molecule is CC[C@@H](C(=O)N[C@@H](CC(=O)OC(C)(C)C)C(=O)COc1c(F)c(F)cc(F)c1F)n1ccc2cc(Cl)c(Cl)cc2c1=O. The zero-order valence-corrected chi connectivity index (χ0v) is 24.3. The maximum atomic E-state index is 14.0. The van der Waals surface area contributed by atoms with Crippen molar-refractivity contribution in [2.24, 2.45) is 0 Å². The van der Waals surface area contributed by atoms with E-state index in [1.165, 1.54) is 24.4 Å². The van der Waals surface area contributed by atoms with Gasteiger partial charge in [-0.15, -0.1) is 0 Å². The molecule has 0 saturated carbocycles. The van der Waals surface area contributed by atoms with Crippen LogP contribution in [0.25, 0.3) is 10.8 Å². The monoisotopic (exact) mass is 632 g/mol. The van der Waals surface area contributed by atoms with Crippen LogP contribution in [0, 0.1) is 23.3 Å². The van der Waals surface area contributed by atoms with Crippen LogP contribution in [-0.2, 0) is 19.1 Å². The van der Waals surface area contributed by atoms with Crippen molar-refractivity contribution in [3.8, 4) is 5.75 Å². The van der Waals surface area contributed by atoms with E-state index in [2.05, 4.69) is 5.32 Å². The minimum absolute atomic E-state index is 0.0347. The molecule has 1 heterocycles. The van der Waals surface area contributed by atoms with E-state index in [0.29, 0.717) is 5.39 Å². The highest BCUT2D eigenvalue weighted by Crippen LogP contribution is 2.28. The Morgan fingerprint density at radius 2 is 1.60 bits per heavy atom. The number of Topliss-reactive ketones (excluding diaryl/α,β-unsaturated/α-hetero) is 1. The molecule has 0 aliphatic rings. The lowest BCUT2D eigenvalue weighted by atomic mass is 10.1. The average Bonchev–Trinajstić information content (AvgIpc) is 2.89. The number of pyridine rings is 1. The lowest BCUT2D eigenvalue weighted by molar-refractivity contribution is -0.156. The molecular formula is C28H26Cl2F4N2O6. The zero-order chi connectivity index (χ0) is 31.5. The van der Waals surface area contributed by atoms with E-state index in [0.717, 1.165) is 4.57 Å². The number of aromatic nitrogens is 1. The van der Waals surface area contributed by atoms with Gasteiger partial charge in [0.05, 0.1) is 16.5 Å². The normalized spacial score (nSPS) is 13.0. The number of halogens is 6. The molecule has 0 radical (unpaired) electrons. The standard InChI is InChI=1S/C28H26Cl2F4N2O6/c1-5-20(36-7-6-13-8-15(29)16(30)9-14(13)27(36)40)26(39)35-19(11-22(38)42-28(2,3)4)21(37)12-41-25-23(33)17(31)10-18(32)24(25)34/h6-10,19-20H,5,11-12H2,1-4H3,(H,35,39)/t19-,20-/m0/s1. The first-order valence-corrected chi connectivity index (χ1v) is 13.3. The third-order valence-corrected chi connectivity index (χ3v) is 6.65. The third-order valence-electron chi connectivity index (χ3n) is 5.92. The predicted molar refractivity (Wildman–Crippen MR) is 147 cm³/mol. The van der Waals surface area contributed by atoms with Gasteiger partial charge < -0.3 is 19.4 Å². The largest absolute Gasteiger partial charge is 0.479 e. The number of nitrogens with zero attached hydrogens (tertiary/aromatic N) is 1. The van der Waals surface area contributed by atoms with E-state index >= 15 is 0 Å². The molecule has 42 heavy (non-hydrogen) atoms. The molecule has 14 heteroatoms. The van der Waals surface area contributed by atoms with Crippen molar-refractivity contribution >= 4 is 51.6 Å². The number of amides is 1. The summed E-state index contributed by atoms with van der Waals surface area (Å²) in [6, 6.07) is 1.48. The van der Waals surface area contributed by atoms with Gasteiger partial charge in [-0.05, 0) is 50.8 Å². The molecule has 0 bridgehead atoms. The molecule has 3 aromatic rings. The summed E-state index contributed by atoms with van der Waals surface area (Å²) in [4.78, 5) is 52.1. The zero-order valence-electron chi connectivity index (χ0n) is 22.8. The minimum atomic E-state index is -1.88. The Hall–Kier alpha value is -3.64. The molecule has 1 N–H and O–H groups in total. The van der Waals surface area contributed by atoms with Crippen molar-refractivity contribution in [2.75, 3.05) is 6.61 Å². The van der Waals surface area contributed by atoms with Crippen molar-refractivity contribution in [3.05, 3.63) is 74.1 Å². The molecular weight excluding hydrogens is 607 g/mol. The van der Waals surface area contributed by atoms with Crippen molar-refractivity contribution < 1.29 is 41.4 Å². The molecule has 1 aromatic heterocycles. The lowest BCUT2D eigenvalue weighted by Crippen LogP contribution is -2.48. The Labute approximate surface area is 247 Å². The maximum absolute atomic E-state index is 14.0. The molecule has 1 amide bonds. The van der Waals surface area contributed by atoms with Gasteiger partial charge >= 0.3 is 5.97 Å². The molecule has 2 atom stereocenters. The number of rotatable bonds is 10. The average molecular weight is 633 g/mol. The van der Waals surface area contributed by atoms with Gasteiger partial charge in [-0.2, -0.15) is 8.78 Å². The van der Waals surface area contributed by atoms with Gasteiger partial charge in [0.2, 0.25) is 17.5 Å². The number of benzene rings is 2. The Balaban J connectivity index is 1.90. The van der Waals surface area contributed by atoms with E-state index in [1.807, 2.05) is 0 Å². The van der Waals surface area contributed by atoms with Crippen molar-refractivity contribution in [3.63, 3.8) is 0 Å².